The highest BCUT2D eigenvalue weighted by molar-refractivity contribution is 4.57. The molecular weight excluding hydrogens is 374 g/mol. The lowest BCUT2D eigenvalue weighted by atomic mass is 10.0. The third-order valence-corrected chi connectivity index (χ3v) is 7.83. The Morgan fingerprint density at radius 1 is 0.419 bits per heavy atom. The number of unbranched alkanes of at least 4 members (excludes halogenated alkanes) is 18. The Kier molecular flexibility index (Phi) is 23.1. The lowest BCUT2D eigenvalue weighted by Gasteiger charge is -2.41. The van der Waals surface area contributed by atoms with Crippen molar-refractivity contribution in [2.45, 2.75) is 175 Å². The molecule has 0 fully saturated rings. The van der Waals surface area contributed by atoms with E-state index in [1.807, 2.05) is 0 Å². The smallest absolute Gasteiger partial charge is 0.0859 e. The Labute approximate surface area is 199 Å². The molecule has 0 rings (SSSR count). The van der Waals surface area contributed by atoms with Gasteiger partial charge in [0.25, 0.3) is 0 Å². The fourth-order valence-corrected chi connectivity index (χ4v) is 5.11. The second-order valence-electron chi connectivity index (χ2n) is 10.9. The summed E-state index contributed by atoms with van der Waals surface area (Å²) in [6.07, 6.45) is 31.7. The quantitative estimate of drug-likeness (QED) is 0.0981. The first kappa shape index (κ1) is 31.0. The molecule has 0 aromatic heterocycles. The Morgan fingerprint density at radius 2 is 0.710 bits per heavy atom. The van der Waals surface area contributed by atoms with Gasteiger partial charge in [-0.25, -0.2) is 0 Å². The molecule has 0 heterocycles. The van der Waals surface area contributed by atoms with Crippen LogP contribution in [-0.4, -0.2) is 30.7 Å². The van der Waals surface area contributed by atoms with E-state index in [-0.39, 0.29) is 0 Å². The van der Waals surface area contributed by atoms with Gasteiger partial charge in [-0.05, 0) is 45.4 Å². The van der Waals surface area contributed by atoms with Crippen LogP contribution < -0.4 is 0 Å². The number of hydrogen-bond donors (Lipinski definition) is 0. The first-order valence-corrected chi connectivity index (χ1v) is 14.9. The van der Waals surface area contributed by atoms with Gasteiger partial charge in [-0.3, -0.25) is 0 Å². The van der Waals surface area contributed by atoms with Gasteiger partial charge in [-0.2, -0.15) is 0 Å². The van der Waals surface area contributed by atoms with Crippen LogP contribution in [0.4, 0.5) is 0 Å². The van der Waals surface area contributed by atoms with E-state index < -0.39 is 0 Å². The highest BCUT2D eigenvalue weighted by Gasteiger charge is 2.27. The molecule has 0 bridgehead atoms. The summed E-state index contributed by atoms with van der Waals surface area (Å²) >= 11 is 0. The molecule has 0 amide bonds. The monoisotopic (exact) mass is 439 g/mol. The van der Waals surface area contributed by atoms with Crippen LogP contribution in [0.2, 0.25) is 0 Å². The molecule has 0 radical (unpaired) electrons. The van der Waals surface area contributed by atoms with Crippen molar-refractivity contribution in [2.24, 2.45) is 0 Å². The predicted molar refractivity (Wildman–Crippen MR) is 144 cm³/mol. The summed E-state index contributed by atoms with van der Waals surface area (Å²) in [5.74, 6) is 0. The predicted octanol–water partition coefficient (Wildman–Crippen LogP) is 10.5. The van der Waals surface area contributed by atoms with Gasteiger partial charge in [-0.15, -0.1) is 0 Å². The largest absolute Gasteiger partial charge is 0.324 e. The van der Waals surface area contributed by atoms with Crippen molar-refractivity contribution in [3.63, 3.8) is 0 Å². The van der Waals surface area contributed by atoms with E-state index >= 15 is 0 Å². The zero-order valence-electron chi connectivity index (χ0n) is 23.0. The molecule has 0 aliphatic heterocycles. The molecule has 2 unspecified atom stereocenters. The van der Waals surface area contributed by atoms with Crippen molar-refractivity contribution >= 4 is 0 Å². The van der Waals surface area contributed by atoms with Gasteiger partial charge in [-0.1, -0.05) is 124 Å². The first-order chi connectivity index (χ1) is 15.1. The van der Waals surface area contributed by atoms with Gasteiger partial charge >= 0.3 is 0 Å². The van der Waals surface area contributed by atoms with Crippen molar-refractivity contribution < 1.29 is 4.48 Å². The topological polar surface area (TPSA) is 0 Å². The molecule has 31 heavy (non-hydrogen) atoms. The third-order valence-electron chi connectivity index (χ3n) is 7.83. The summed E-state index contributed by atoms with van der Waals surface area (Å²) in [6, 6.07) is 0.840. The average Bonchev–Trinajstić information content (AvgIpc) is 2.77. The van der Waals surface area contributed by atoms with Crippen LogP contribution in [0, 0.1) is 0 Å². The molecule has 0 saturated heterocycles. The van der Waals surface area contributed by atoms with E-state index in [9.17, 15) is 0 Å². The number of rotatable bonds is 25. The second-order valence-corrected chi connectivity index (χ2v) is 10.9. The molecule has 2 atom stereocenters. The SMILES string of the molecule is CCCCCCCCCCCC[N+](C)(CCCCCCCCCCC)C(C)CCCC. The van der Waals surface area contributed by atoms with E-state index in [2.05, 4.69) is 34.7 Å². The van der Waals surface area contributed by atoms with Crippen molar-refractivity contribution in [3.05, 3.63) is 0 Å². The highest BCUT2D eigenvalue weighted by Crippen LogP contribution is 2.21. The molecule has 1 nitrogen and oxygen atoms in total. The maximum atomic E-state index is 2.58. The van der Waals surface area contributed by atoms with E-state index in [1.54, 1.807) is 0 Å². The maximum Gasteiger partial charge on any atom is 0.0859 e. The van der Waals surface area contributed by atoms with E-state index in [0.29, 0.717) is 0 Å². The number of quaternary nitrogens is 1. The van der Waals surface area contributed by atoms with Crippen molar-refractivity contribution in [2.75, 3.05) is 20.1 Å². The van der Waals surface area contributed by atoms with Crippen LogP contribution in [0.1, 0.15) is 169 Å². The van der Waals surface area contributed by atoms with Gasteiger partial charge < -0.3 is 4.48 Å². The fourth-order valence-electron chi connectivity index (χ4n) is 5.11. The standard InChI is InChI=1S/C30H64N/c1-6-9-12-14-16-18-20-22-24-26-29-31(5,30(4)27-11-8-3)28-25-23-21-19-17-15-13-10-7-2/h30H,6-29H2,1-5H3/q+1. The average molecular weight is 439 g/mol. The Bertz CT molecular complexity index is 339. The highest BCUT2D eigenvalue weighted by atomic mass is 15.3. The Hall–Kier alpha value is -0.0400. The second kappa shape index (κ2) is 23.1. The van der Waals surface area contributed by atoms with E-state index in [0.717, 1.165) is 6.04 Å². The summed E-state index contributed by atoms with van der Waals surface area (Å²) in [5, 5.41) is 0. The minimum Gasteiger partial charge on any atom is -0.324 e. The van der Waals surface area contributed by atoms with Crippen LogP contribution in [0.3, 0.4) is 0 Å². The fraction of sp³-hybridized carbons (Fsp3) is 1.00. The maximum absolute atomic E-state index is 2.58. The molecule has 188 valence electrons. The summed E-state index contributed by atoms with van der Waals surface area (Å²) in [7, 11) is 2.58. The lowest BCUT2D eigenvalue weighted by Crippen LogP contribution is -2.52. The Balaban J connectivity index is 4.01. The zero-order chi connectivity index (χ0) is 23.0. The van der Waals surface area contributed by atoms with E-state index in [4.69, 9.17) is 0 Å². The van der Waals surface area contributed by atoms with Gasteiger partial charge in [0.05, 0.1) is 26.2 Å². The molecule has 0 aromatic rings. The lowest BCUT2D eigenvalue weighted by molar-refractivity contribution is -0.932. The normalized spacial score (nSPS) is 14.6. The van der Waals surface area contributed by atoms with Gasteiger partial charge in [0.2, 0.25) is 0 Å². The molecule has 0 spiro atoms. The zero-order valence-corrected chi connectivity index (χ0v) is 23.0. The van der Waals surface area contributed by atoms with Crippen LogP contribution >= 0.6 is 0 Å². The summed E-state index contributed by atoms with van der Waals surface area (Å²) in [4.78, 5) is 0. The Morgan fingerprint density at radius 3 is 1.03 bits per heavy atom. The van der Waals surface area contributed by atoms with E-state index in [1.165, 1.54) is 159 Å². The van der Waals surface area contributed by atoms with Crippen molar-refractivity contribution in [1.29, 1.82) is 0 Å². The van der Waals surface area contributed by atoms with Gasteiger partial charge in [0.1, 0.15) is 0 Å². The minimum atomic E-state index is 0.840. The van der Waals surface area contributed by atoms with Crippen LogP contribution in [0.25, 0.3) is 0 Å². The molecule has 1 heteroatoms. The molecule has 0 N–H and O–H groups in total. The summed E-state index contributed by atoms with van der Waals surface area (Å²) < 4.78 is 1.34. The number of hydrogen-bond acceptors (Lipinski definition) is 0. The first-order valence-electron chi connectivity index (χ1n) is 14.9. The minimum absolute atomic E-state index is 0.840. The molecule has 0 aromatic carbocycles. The van der Waals surface area contributed by atoms with Gasteiger partial charge in [0.15, 0.2) is 0 Å². The van der Waals surface area contributed by atoms with Crippen molar-refractivity contribution in [3.8, 4) is 0 Å². The van der Waals surface area contributed by atoms with Gasteiger partial charge in [0, 0.05) is 0 Å². The van der Waals surface area contributed by atoms with Crippen molar-refractivity contribution in [1.82, 2.24) is 0 Å². The summed E-state index contributed by atoms with van der Waals surface area (Å²) in [6.45, 7) is 12.3. The molecule has 0 aliphatic rings. The van der Waals surface area contributed by atoms with Crippen LogP contribution in [0.5, 0.6) is 0 Å². The molecule has 0 aliphatic carbocycles. The molecule has 0 saturated carbocycles. The van der Waals surface area contributed by atoms with Crippen LogP contribution in [-0.2, 0) is 0 Å². The third kappa shape index (κ3) is 19.2. The van der Waals surface area contributed by atoms with Crippen LogP contribution in [0.15, 0.2) is 0 Å². The number of nitrogens with zero attached hydrogens (tertiary/aromatic N) is 1. The summed E-state index contributed by atoms with van der Waals surface area (Å²) in [5.41, 5.74) is 0. The molecular formula is C30H64N+.